The number of anilines is 1. The van der Waals surface area contributed by atoms with Crippen molar-refractivity contribution in [1.29, 1.82) is 5.26 Å². The fourth-order valence-corrected chi connectivity index (χ4v) is 1.82. The van der Waals surface area contributed by atoms with E-state index in [1.54, 1.807) is 24.3 Å². The lowest BCUT2D eigenvalue weighted by molar-refractivity contribution is -0.384. The Bertz CT molecular complexity index is 718. The van der Waals surface area contributed by atoms with E-state index in [1.807, 2.05) is 6.07 Å². The Kier molecular flexibility index (Phi) is 4.26. The summed E-state index contributed by atoms with van der Waals surface area (Å²) in [7, 11) is 0. The van der Waals surface area contributed by atoms with Crippen LogP contribution in [0.2, 0.25) is 0 Å². The molecule has 0 aromatic heterocycles. The molecule has 0 radical (unpaired) electrons. The number of hydrogen-bond acceptors (Lipinski definition) is 5. The van der Waals surface area contributed by atoms with Crippen molar-refractivity contribution in [3.63, 3.8) is 0 Å². The third-order valence-corrected chi connectivity index (χ3v) is 2.92. The van der Waals surface area contributed by atoms with E-state index in [-0.39, 0.29) is 11.3 Å². The van der Waals surface area contributed by atoms with Gasteiger partial charge in [0.25, 0.3) is 5.69 Å². The summed E-state index contributed by atoms with van der Waals surface area (Å²) in [6.07, 6.45) is 0.567. The molecule has 6 heteroatoms. The minimum atomic E-state index is -0.534. The Labute approximate surface area is 120 Å². The molecular formula is C15H11N3O3. The third kappa shape index (κ3) is 3.42. The molecular weight excluding hydrogens is 270 g/mol. The van der Waals surface area contributed by atoms with E-state index < -0.39 is 4.92 Å². The maximum Gasteiger partial charge on any atom is 0.293 e. The van der Waals surface area contributed by atoms with Gasteiger partial charge in [-0.2, -0.15) is 5.26 Å². The van der Waals surface area contributed by atoms with E-state index >= 15 is 0 Å². The molecule has 0 saturated heterocycles. The van der Waals surface area contributed by atoms with Crippen molar-refractivity contribution in [2.45, 2.75) is 6.54 Å². The average molecular weight is 281 g/mol. The van der Waals surface area contributed by atoms with Gasteiger partial charge in [-0.15, -0.1) is 0 Å². The van der Waals surface area contributed by atoms with Crippen molar-refractivity contribution in [3.8, 4) is 6.07 Å². The van der Waals surface area contributed by atoms with Gasteiger partial charge in [0.05, 0.1) is 16.6 Å². The number of nitriles is 1. The number of benzene rings is 2. The van der Waals surface area contributed by atoms with Crippen LogP contribution in [-0.2, 0) is 6.54 Å². The number of nitrogens with zero attached hydrogens (tertiary/aromatic N) is 2. The lowest BCUT2D eigenvalue weighted by atomic mass is 10.1. The molecule has 0 amide bonds. The normalized spacial score (nSPS) is 9.67. The summed E-state index contributed by atoms with van der Waals surface area (Å²) in [6.45, 7) is 0.382. The molecule has 0 aliphatic heterocycles. The number of hydrogen-bond donors (Lipinski definition) is 1. The SMILES string of the molecule is N#Cc1ccc(CNc2ccc(C=O)cc2[N+](=O)[O-])cc1. The van der Waals surface area contributed by atoms with E-state index in [2.05, 4.69) is 5.32 Å². The number of rotatable bonds is 5. The smallest absolute Gasteiger partial charge is 0.293 e. The minimum Gasteiger partial charge on any atom is -0.375 e. The van der Waals surface area contributed by atoms with Gasteiger partial charge in [0.1, 0.15) is 12.0 Å². The fraction of sp³-hybridized carbons (Fsp3) is 0.0667. The highest BCUT2D eigenvalue weighted by Gasteiger charge is 2.14. The van der Waals surface area contributed by atoms with E-state index in [1.165, 1.54) is 18.2 Å². The van der Waals surface area contributed by atoms with Crippen LogP contribution >= 0.6 is 0 Å². The maximum atomic E-state index is 11.0. The number of carbonyl (C=O) groups is 1. The Morgan fingerprint density at radius 2 is 1.95 bits per heavy atom. The summed E-state index contributed by atoms with van der Waals surface area (Å²) in [4.78, 5) is 21.1. The maximum absolute atomic E-state index is 11.0. The molecule has 0 aliphatic rings. The van der Waals surface area contributed by atoms with E-state index in [4.69, 9.17) is 5.26 Å². The molecule has 2 aromatic rings. The minimum absolute atomic E-state index is 0.145. The summed E-state index contributed by atoms with van der Waals surface area (Å²) < 4.78 is 0. The molecule has 0 spiro atoms. The van der Waals surface area contributed by atoms with E-state index in [0.29, 0.717) is 24.1 Å². The standard InChI is InChI=1S/C15H11N3O3/c16-8-11-1-3-12(4-2-11)9-17-14-6-5-13(10-19)7-15(14)18(20)21/h1-7,10,17H,9H2. The second kappa shape index (κ2) is 6.30. The summed E-state index contributed by atoms with van der Waals surface area (Å²) in [5, 5.41) is 22.7. The van der Waals surface area contributed by atoms with Crippen LogP contribution in [0.15, 0.2) is 42.5 Å². The van der Waals surface area contributed by atoms with Crippen molar-refractivity contribution in [3.05, 3.63) is 69.3 Å². The van der Waals surface area contributed by atoms with Crippen LogP contribution < -0.4 is 5.32 Å². The summed E-state index contributed by atoms with van der Waals surface area (Å²) in [6, 6.07) is 13.2. The fourth-order valence-electron chi connectivity index (χ4n) is 1.82. The molecule has 104 valence electrons. The first kappa shape index (κ1) is 14.2. The van der Waals surface area contributed by atoms with Crippen LogP contribution in [0.25, 0.3) is 0 Å². The van der Waals surface area contributed by atoms with Crippen molar-refractivity contribution in [2.24, 2.45) is 0 Å². The Morgan fingerprint density at radius 3 is 2.52 bits per heavy atom. The molecule has 0 aliphatic carbocycles. The number of nitro benzene ring substituents is 1. The highest BCUT2D eigenvalue weighted by molar-refractivity contribution is 5.79. The van der Waals surface area contributed by atoms with Crippen molar-refractivity contribution in [2.75, 3.05) is 5.32 Å². The quantitative estimate of drug-likeness (QED) is 0.516. The molecule has 21 heavy (non-hydrogen) atoms. The number of carbonyl (C=O) groups excluding carboxylic acids is 1. The lowest BCUT2D eigenvalue weighted by Crippen LogP contribution is -2.03. The van der Waals surface area contributed by atoms with Gasteiger partial charge in [-0.1, -0.05) is 12.1 Å². The molecule has 0 unspecified atom stereocenters. The highest BCUT2D eigenvalue weighted by Crippen LogP contribution is 2.25. The zero-order chi connectivity index (χ0) is 15.2. The first-order valence-corrected chi connectivity index (χ1v) is 6.10. The van der Waals surface area contributed by atoms with Crippen molar-refractivity contribution in [1.82, 2.24) is 0 Å². The van der Waals surface area contributed by atoms with Crippen LogP contribution in [0.4, 0.5) is 11.4 Å². The number of nitrogens with one attached hydrogen (secondary N) is 1. The lowest BCUT2D eigenvalue weighted by Gasteiger charge is -2.07. The van der Waals surface area contributed by atoms with Gasteiger partial charge in [-0.3, -0.25) is 14.9 Å². The second-order valence-corrected chi connectivity index (χ2v) is 4.31. The summed E-state index contributed by atoms with van der Waals surface area (Å²) >= 11 is 0. The molecule has 0 heterocycles. The molecule has 0 bridgehead atoms. The van der Waals surface area contributed by atoms with Crippen molar-refractivity contribution < 1.29 is 9.72 Å². The van der Waals surface area contributed by atoms with Crippen LogP contribution in [-0.4, -0.2) is 11.2 Å². The number of aldehydes is 1. The Balaban J connectivity index is 2.17. The molecule has 0 atom stereocenters. The van der Waals surface area contributed by atoms with Gasteiger partial charge in [-0.25, -0.2) is 0 Å². The summed E-state index contributed by atoms with van der Waals surface area (Å²) in [5.74, 6) is 0. The van der Waals surface area contributed by atoms with Crippen LogP contribution in [0.5, 0.6) is 0 Å². The first-order valence-electron chi connectivity index (χ1n) is 6.10. The molecule has 2 aromatic carbocycles. The van der Waals surface area contributed by atoms with Gasteiger partial charge in [0.15, 0.2) is 0 Å². The van der Waals surface area contributed by atoms with Crippen LogP contribution in [0.1, 0.15) is 21.5 Å². The third-order valence-electron chi connectivity index (χ3n) is 2.92. The van der Waals surface area contributed by atoms with Gasteiger partial charge in [-0.05, 0) is 29.8 Å². The van der Waals surface area contributed by atoms with Crippen LogP contribution in [0.3, 0.4) is 0 Å². The summed E-state index contributed by atoms with van der Waals surface area (Å²) in [5.41, 5.74) is 1.90. The molecule has 6 nitrogen and oxygen atoms in total. The first-order chi connectivity index (χ1) is 10.1. The Morgan fingerprint density at radius 1 is 1.24 bits per heavy atom. The van der Waals surface area contributed by atoms with E-state index in [0.717, 1.165) is 5.56 Å². The largest absolute Gasteiger partial charge is 0.375 e. The monoisotopic (exact) mass is 281 g/mol. The second-order valence-electron chi connectivity index (χ2n) is 4.31. The van der Waals surface area contributed by atoms with Crippen molar-refractivity contribution >= 4 is 17.7 Å². The van der Waals surface area contributed by atoms with Gasteiger partial charge in [0, 0.05) is 18.2 Å². The van der Waals surface area contributed by atoms with Crippen LogP contribution in [0, 0.1) is 21.4 Å². The predicted octanol–water partition coefficient (Wildman–Crippen LogP) is 2.89. The Hall–Kier alpha value is -3.20. The molecule has 0 saturated carbocycles. The molecule has 0 fully saturated rings. The average Bonchev–Trinajstić information content (AvgIpc) is 2.53. The molecule has 1 N–H and O–H groups in total. The van der Waals surface area contributed by atoms with Gasteiger partial charge < -0.3 is 5.32 Å². The topological polar surface area (TPSA) is 96.0 Å². The highest BCUT2D eigenvalue weighted by atomic mass is 16.6. The zero-order valence-electron chi connectivity index (χ0n) is 10.9. The predicted molar refractivity (Wildman–Crippen MR) is 77.0 cm³/mol. The van der Waals surface area contributed by atoms with Gasteiger partial charge in [0.2, 0.25) is 0 Å². The van der Waals surface area contributed by atoms with E-state index in [9.17, 15) is 14.9 Å². The number of nitro groups is 1. The zero-order valence-corrected chi connectivity index (χ0v) is 10.9. The molecule has 2 rings (SSSR count). The van der Waals surface area contributed by atoms with Gasteiger partial charge >= 0.3 is 0 Å².